The molecule has 0 aliphatic heterocycles. The largest absolute Gasteiger partial charge is 0.481 e. The van der Waals surface area contributed by atoms with Crippen molar-refractivity contribution in [3.05, 3.63) is 0 Å². The molecule has 0 heterocycles. The first-order chi connectivity index (χ1) is 24.7. The maximum absolute atomic E-state index is 13.0. The quantitative estimate of drug-likeness (QED) is 0.0555. The van der Waals surface area contributed by atoms with Gasteiger partial charge in [-0.2, -0.15) is 0 Å². The molecular formula is C40H76N6O7. The van der Waals surface area contributed by atoms with Gasteiger partial charge in [-0.25, -0.2) is 0 Å². The maximum atomic E-state index is 13.0. The fourth-order valence-corrected chi connectivity index (χ4v) is 6.14. The van der Waals surface area contributed by atoms with Crippen molar-refractivity contribution in [3.63, 3.8) is 0 Å². The van der Waals surface area contributed by atoms with Crippen molar-refractivity contribution in [1.82, 2.24) is 26.6 Å². The molecule has 0 fully saturated rings. The fraction of sp³-hybridized carbons (Fsp3) is 0.850. The highest BCUT2D eigenvalue weighted by molar-refractivity contribution is 5.79. The second-order valence-corrected chi connectivity index (χ2v) is 16.7. The van der Waals surface area contributed by atoms with Gasteiger partial charge < -0.3 is 37.4 Å². The Kier molecular flexibility index (Phi) is 25.7. The van der Waals surface area contributed by atoms with Gasteiger partial charge in [0.2, 0.25) is 29.5 Å². The number of hydrogen-bond acceptors (Lipinski definition) is 7. The highest BCUT2D eigenvalue weighted by atomic mass is 16.4. The molecule has 308 valence electrons. The summed E-state index contributed by atoms with van der Waals surface area (Å²) in [5, 5.41) is 24.1. The number of carboxylic acid groups (broad SMARTS) is 1. The lowest BCUT2D eigenvalue weighted by molar-refractivity contribution is -0.137. The molecule has 0 aromatic heterocycles. The van der Waals surface area contributed by atoms with E-state index in [1.54, 1.807) is 0 Å². The zero-order valence-corrected chi connectivity index (χ0v) is 34.6. The van der Waals surface area contributed by atoms with Crippen molar-refractivity contribution >= 4 is 35.5 Å². The Balaban J connectivity index is 4.76. The number of carbonyl (C=O) groups is 6. The third kappa shape index (κ3) is 27.1. The van der Waals surface area contributed by atoms with E-state index in [9.17, 15) is 28.8 Å². The second kappa shape index (κ2) is 27.4. The lowest BCUT2D eigenvalue weighted by Crippen LogP contribution is -2.42. The third-order valence-corrected chi connectivity index (χ3v) is 9.49. The van der Waals surface area contributed by atoms with E-state index in [4.69, 9.17) is 10.8 Å². The smallest absolute Gasteiger partial charge is 0.303 e. The summed E-state index contributed by atoms with van der Waals surface area (Å²) >= 11 is 0. The molecule has 6 atom stereocenters. The van der Waals surface area contributed by atoms with Crippen LogP contribution in [0.5, 0.6) is 0 Å². The van der Waals surface area contributed by atoms with Gasteiger partial charge in [-0.1, -0.05) is 55.4 Å². The summed E-state index contributed by atoms with van der Waals surface area (Å²) in [7, 11) is 0. The van der Waals surface area contributed by atoms with Crippen LogP contribution in [0, 0.1) is 23.7 Å². The molecule has 0 spiro atoms. The van der Waals surface area contributed by atoms with E-state index >= 15 is 0 Å². The van der Waals surface area contributed by atoms with Gasteiger partial charge in [0.1, 0.15) is 0 Å². The van der Waals surface area contributed by atoms with E-state index in [1.165, 1.54) is 0 Å². The number of aliphatic carboxylic acids is 1. The standard InChI is InChI=1S/C40H76N6O7/c1-25(2)23-31(44-37(49)17-11-29(9)42-35(47)20-15-33(41)27(5)6)13-19-39(51)46-34(28(7)8)16-21-36(48)43-30(10)12-18-38(50)45-32(24-26(3)4)14-22-40(52)53/h25-34H,11-24,41H2,1-10H3,(H,42,47)(H,43,48)(H,44,49)(H,45,50)(H,46,51)(H,52,53)/t29-,30-,31+,32+,33+,34+/m0/s1. The van der Waals surface area contributed by atoms with Crippen LogP contribution in [0.3, 0.4) is 0 Å². The molecule has 0 aliphatic carbocycles. The van der Waals surface area contributed by atoms with E-state index < -0.39 is 5.97 Å². The lowest BCUT2D eigenvalue weighted by atomic mass is 9.97. The van der Waals surface area contributed by atoms with E-state index in [0.29, 0.717) is 69.1 Å². The van der Waals surface area contributed by atoms with E-state index in [0.717, 1.165) is 6.42 Å². The molecule has 0 aromatic carbocycles. The number of hydrogen-bond donors (Lipinski definition) is 7. The van der Waals surface area contributed by atoms with Crippen LogP contribution in [0.2, 0.25) is 0 Å². The summed E-state index contributed by atoms with van der Waals surface area (Å²) in [5.74, 6) is -0.433. The first-order valence-corrected chi connectivity index (χ1v) is 20.1. The minimum atomic E-state index is -0.888. The van der Waals surface area contributed by atoms with Gasteiger partial charge >= 0.3 is 5.97 Å². The van der Waals surface area contributed by atoms with E-state index in [-0.39, 0.29) is 104 Å². The molecule has 8 N–H and O–H groups in total. The van der Waals surface area contributed by atoms with Crippen molar-refractivity contribution in [1.29, 1.82) is 0 Å². The zero-order valence-electron chi connectivity index (χ0n) is 34.6. The molecule has 0 aromatic rings. The van der Waals surface area contributed by atoms with Gasteiger partial charge in [0, 0.05) is 74.8 Å². The topological polar surface area (TPSA) is 209 Å². The molecule has 0 bridgehead atoms. The number of carbonyl (C=O) groups excluding carboxylic acids is 5. The highest BCUT2D eigenvalue weighted by Gasteiger charge is 2.22. The van der Waals surface area contributed by atoms with Crippen LogP contribution >= 0.6 is 0 Å². The van der Waals surface area contributed by atoms with Crippen LogP contribution in [0.25, 0.3) is 0 Å². The number of nitrogens with one attached hydrogen (secondary N) is 5. The average molecular weight is 753 g/mol. The molecule has 13 heteroatoms. The first kappa shape index (κ1) is 49.8. The Hall–Kier alpha value is -3.22. The van der Waals surface area contributed by atoms with Crippen LogP contribution in [0.4, 0.5) is 0 Å². The molecule has 53 heavy (non-hydrogen) atoms. The summed E-state index contributed by atoms with van der Waals surface area (Å²) in [6.07, 6.45) is 5.67. The molecular weight excluding hydrogens is 676 g/mol. The van der Waals surface area contributed by atoms with Crippen molar-refractivity contribution in [3.8, 4) is 0 Å². The Labute approximate surface area is 320 Å². The molecule has 0 rings (SSSR count). The van der Waals surface area contributed by atoms with Gasteiger partial charge in [-0.3, -0.25) is 28.8 Å². The molecule has 0 saturated carbocycles. The van der Waals surface area contributed by atoms with Crippen LogP contribution < -0.4 is 32.3 Å². The van der Waals surface area contributed by atoms with E-state index in [1.807, 2.05) is 55.4 Å². The first-order valence-electron chi connectivity index (χ1n) is 20.1. The molecule has 5 amide bonds. The number of nitrogens with two attached hydrogens (primary N) is 1. The van der Waals surface area contributed by atoms with Crippen LogP contribution in [0.1, 0.15) is 159 Å². The highest BCUT2D eigenvalue weighted by Crippen LogP contribution is 2.15. The summed E-state index contributed by atoms with van der Waals surface area (Å²) < 4.78 is 0. The van der Waals surface area contributed by atoms with Gasteiger partial charge in [-0.05, 0) is 88.9 Å². The summed E-state index contributed by atoms with van der Waals surface area (Å²) in [4.78, 5) is 74.4. The number of rotatable bonds is 29. The summed E-state index contributed by atoms with van der Waals surface area (Å²) in [6, 6.07) is -0.947. The van der Waals surface area contributed by atoms with Crippen LogP contribution in [-0.2, 0) is 28.8 Å². The predicted octanol–water partition coefficient (Wildman–Crippen LogP) is 4.95. The number of carboxylic acids is 1. The third-order valence-electron chi connectivity index (χ3n) is 9.49. The van der Waals surface area contributed by atoms with Crippen molar-refractivity contribution in [2.24, 2.45) is 29.4 Å². The molecule has 0 radical (unpaired) electrons. The SMILES string of the molecule is CC(C)C[C@@H](CCC(=O)O)NC(=O)CC[C@H](C)NC(=O)CC[C@@H](NC(=O)CC[C@H](CC(C)C)NC(=O)CC[C@H](C)NC(=O)CC[C@@H](N)C(C)C)C(C)C. The average Bonchev–Trinajstić information content (AvgIpc) is 3.04. The minimum Gasteiger partial charge on any atom is -0.481 e. The summed E-state index contributed by atoms with van der Waals surface area (Å²) in [6.45, 7) is 20.0. The monoisotopic (exact) mass is 753 g/mol. The number of amides is 5. The lowest BCUT2D eigenvalue weighted by Gasteiger charge is -2.24. The van der Waals surface area contributed by atoms with Gasteiger partial charge in [0.15, 0.2) is 0 Å². The molecule has 0 aliphatic rings. The van der Waals surface area contributed by atoms with Crippen LogP contribution in [0.15, 0.2) is 0 Å². The minimum absolute atomic E-state index is 0.00165. The Morgan fingerprint density at radius 3 is 1.21 bits per heavy atom. The Morgan fingerprint density at radius 1 is 0.453 bits per heavy atom. The van der Waals surface area contributed by atoms with Crippen molar-refractivity contribution < 1.29 is 33.9 Å². The summed E-state index contributed by atoms with van der Waals surface area (Å²) in [5.41, 5.74) is 6.05. The van der Waals surface area contributed by atoms with Gasteiger partial charge in [-0.15, -0.1) is 0 Å². The maximum Gasteiger partial charge on any atom is 0.303 e. The van der Waals surface area contributed by atoms with E-state index in [2.05, 4.69) is 40.4 Å². The van der Waals surface area contributed by atoms with Crippen molar-refractivity contribution in [2.45, 2.75) is 195 Å². The molecule has 0 unspecified atom stereocenters. The molecule has 13 nitrogen and oxygen atoms in total. The van der Waals surface area contributed by atoms with Crippen LogP contribution in [-0.4, -0.2) is 76.9 Å². The second-order valence-electron chi connectivity index (χ2n) is 16.7. The van der Waals surface area contributed by atoms with Gasteiger partial charge in [0.05, 0.1) is 0 Å². The Bertz CT molecular complexity index is 1110. The normalized spacial score (nSPS) is 15.0. The molecule has 0 saturated heterocycles. The predicted molar refractivity (Wildman–Crippen MR) is 211 cm³/mol. The Morgan fingerprint density at radius 2 is 0.811 bits per heavy atom. The van der Waals surface area contributed by atoms with Crippen molar-refractivity contribution in [2.75, 3.05) is 0 Å². The fourth-order valence-electron chi connectivity index (χ4n) is 6.14. The zero-order chi connectivity index (χ0) is 40.7. The van der Waals surface area contributed by atoms with Gasteiger partial charge in [0.25, 0.3) is 0 Å².